The maximum absolute atomic E-state index is 11.1. The summed E-state index contributed by atoms with van der Waals surface area (Å²) >= 11 is 0. The number of H-pyrrole nitrogens is 1. The van der Waals surface area contributed by atoms with Crippen molar-refractivity contribution < 1.29 is 8.42 Å². The summed E-state index contributed by atoms with van der Waals surface area (Å²) in [6.07, 6.45) is 4.50. The molecule has 18 heavy (non-hydrogen) atoms. The molecule has 1 aromatic heterocycles. The lowest BCUT2D eigenvalue weighted by Gasteiger charge is -2.07. The van der Waals surface area contributed by atoms with Gasteiger partial charge in [0, 0.05) is 11.9 Å². The van der Waals surface area contributed by atoms with Crippen LogP contribution < -0.4 is 5.73 Å². The number of imidazole rings is 1. The number of hydrogen-bond acceptors (Lipinski definition) is 4. The van der Waals surface area contributed by atoms with Crippen LogP contribution in [-0.4, -0.2) is 30.4 Å². The summed E-state index contributed by atoms with van der Waals surface area (Å²) in [6.45, 7) is 4.17. The van der Waals surface area contributed by atoms with Crippen molar-refractivity contribution in [2.75, 3.05) is 12.0 Å². The third-order valence-electron chi connectivity index (χ3n) is 2.87. The molecule has 1 unspecified atom stereocenters. The molecule has 0 bridgehead atoms. The third-order valence-corrected chi connectivity index (χ3v) is 3.85. The first kappa shape index (κ1) is 15.2. The summed E-state index contributed by atoms with van der Waals surface area (Å²) in [6, 6.07) is -0.337. The zero-order valence-corrected chi connectivity index (χ0v) is 12.2. The van der Waals surface area contributed by atoms with E-state index in [1.807, 2.05) is 0 Å². The van der Waals surface area contributed by atoms with Crippen LogP contribution in [0.5, 0.6) is 0 Å². The van der Waals surface area contributed by atoms with Crippen LogP contribution in [0.1, 0.15) is 49.9 Å². The van der Waals surface area contributed by atoms with Crippen molar-refractivity contribution in [2.45, 2.75) is 45.6 Å². The SMILES string of the molecule is CCCc1[nH]c(C(N)CCS(C)(=O)=O)nc1CC. The van der Waals surface area contributed by atoms with Gasteiger partial charge in [-0.3, -0.25) is 0 Å². The van der Waals surface area contributed by atoms with Crippen LogP contribution in [0.15, 0.2) is 0 Å². The Morgan fingerprint density at radius 2 is 2.06 bits per heavy atom. The van der Waals surface area contributed by atoms with Crippen molar-refractivity contribution in [1.29, 1.82) is 0 Å². The van der Waals surface area contributed by atoms with E-state index in [4.69, 9.17) is 5.73 Å². The van der Waals surface area contributed by atoms with Crippen molar-refractivity contribution in [3.8, 4) is 0 Å². The molecular weight excluding hydrogens is 250 g/mol. The Balaban J connectivity index is 2.76. The van der Waals surface area contributed by atoms with E-state index in [1.165, 1.54) is 6.26 Å². The van der Waals surface area contributed by atoms with E-state index in [0.29, 0.717) is 12.2 Å². The van der Waals surface area contributed by atoms with Crippen LogP contribution in [-0.2, 0) is 22.7 Å². The molecule has 0 aliphatic rings. The minimum atomic E-state index is -2.97. The van der Waals surface area contributed by atoms with Gasteiger partial charge in [-0.25, -0.2) is 13.4 Å². The molecular formula is C12H23N3O2S. The van der Waals surface area contributed by atoms with E-state index in [9.17, 15) is 8.42 Å². The molecule has 5 nitrogen and oxygen atoms in total. The van der Waals surface area contributed by atoms with Crippen LogP contribution in [0.3, 0.4) is 0 Å². The van der Waals surface area contributed by atoms with Crippen molar-refractivity contribution >= 4 is 9.84 Å². The molecule has 1 atom stereocenters. The molecule has 1 aromatic rings. The largest absolute Gasteiger partial charge is 0.344 e. The van der Waals surface area contributed by atoms with Crippen LogP contribution in [0.25, 0.3) is 0 Å². The maximum atomic E-state index is 11.1. The Bertz CT molecular complexity index is 480. The molecule has 3 N–H and O–H groups in total. The number of nitrogens with one attached hydrogen (secondary N) is 1. The van der Waals surface area contributed by atoms with Gasteiger partial charge in [-0.2, -0.15) is 0 Å². The molecule has 104 valence electrons. The van der Waals surface area contributed by atoms with E-state index < -0.39 is 9.84 Å². The molecule has 0 aliphatic carbocycles. The molecule has 0 radical (unpaired) electrons. The number of aromatic nitrogens is 2. The van der Waals surface area contributed by atoms with Crippen molar-refractivity contribution in [3.63, 3.8) is 0 Å². The first-order valence-corrected chi connectivity index (χ1v) is 8.44. The van der Waals surface area contributed by atoms with Gasteiger partial charge in [0.15, 0.2) is 0 Å². The maximum Gasteiger partial charge on any atom is 0.147 e. The van der Waals surface area contributed by atoms with Crippen LogP contribution in [0, 0.1) is 0 Å². The lowest BCUT2D eigenvalue weighted by atomic mass is 10.2. The van der Waals surface area contributed by atoms with E-state index >= 15 is 0 Å². The highest BCUT2D eigenvalue weighted by Gasteiger charge is 2.16. The third kappa shape index (κ3) is 4.42. The van der Waals surface area contributed by atoms with Crippen molar-refractivity contribution in [1.82, 2.24) is 9.97 Å². The lowest BCUT2D eigenvalue weighted by molar-refractivity contribution is 0.587. The predicted octanol–water partition coefficient (Wildman–Crippen LogP) is 1.36. The van der Waals surface area contributed by atoms with Gasteiger partial charge in [0.05, 0.1) is 17.5 Å². The lowest BCUT2D eigenvalue weighted by Crippen LogP contribution is -2.17. The minimum absolute atomic E-state index is 0.0967. The molecule has 0 spiro atoms. The van der Waals surface area contributed by atoms with Crippen LogP contribution >= 0.6 is 0 Å². The summed E-state index contributed by atoms with van der Waals surface area (Å²) < 4.78 is 22.2. The molecule has 0 saturated heterocycles. The fourth-order valence-corrected chi connectivity index (χ4v) is 2.55. The first-order valence-electron chi connectivity index (χ1n) is 6.38. The Morgan fingerprint density at radius 1 is 1.39 bits per heavy atom. The summed E-state index contributed by atoms with van der Waals surface area (Å²) in [7, 11) is -2.97. The summed E-state index contributed by atoms with van der Waals surface area (Å²) in [4.78, 5) is 7.71. The van der Waals surface area contributed by atoms with E-state index in [2.05, 4.69) is 23.8 Å². The van der Waals surface area contributed by atoms with Gasteiger partial charge >= 0.3 is 0 Å². The van der Waals surface area contributed by atoms with Gasteiger partial charge in [-0.15, -0.1) is 0 Å². The number of nitrogens with two attached hydrogens (primary N) is 1. The number of hydrogen-bond donors (Lipinski definition) is 2. The second-order valence-corrected chi connectivity index (χ2v) is 6.94. The molecule has 0 amide bonds. The van der Waals surface area contributed by atoms with Crippen molar-refractivity contribution in [3.05, 3.63) is 17.2 Å². The molecule has 0 aromatic carbocycles. The topological polar surface area (TPSA) is 88.8 Å². The zero-order chi connectivity index (χ0) is 13.8. The molecule has 0 saturated carbocycles. The summed E-state index contributed by atoms with van der Waals surface area (Å²) in [5.74, 6) is 0.804. The van der Waals surface area contributed by atoms with E-state index in [-0.39, 0.29) is 11.8 Å². The van der Waals surface area contributed by atoms with Gasteiger partial charge in [0.1, 0.15) is 15.7 Å². The first-order chi connectivity index (χ1) is 8.37. The Morgan fingerprint density at radius 3 is 2.56 bits per heavy atom. The van der Waals surface area contributed by atoms with Gasteiger partial charge < -0.3 is 10.7 Å². The summed E-state index contributed by atoms with van der Waals surface area (Å²) in [5, 5.41) is 0. The Labute approximate surface area is 109 Å². The quantitative estimate of drug-likeness (QED) is 0.785. The molecule has 6 heteroatoms. The smallest absolute Gasteiger partial charge is 0.147 e. The molecule has 0 fully saturated rings. The second kappa shape index (κ2) is 6.33. The fourth-order valence-electron chi connectivity index (χ4n) is 1.87. The Hall–Kier alpha value is -0.880. The summed E-state index contributed by atoms with van der Waals surface area (Å²) in [5.41, 5.74) is 8.15. The van der Waals surface area contributed by atoms with Crippen LogP contribution in [0.4, 0.5) is 0 Å². The van der Waals surface area contributed by atoms with Gasteiger partial charge in [0.25, 0.3) is 0 Å². The van der Waals surface area contributed by atoms with Crippen molar-refractivity contribution in [2.24, 2.45) is 5.73 Å². The highest BCUT2D eigenvalue weighted by Crippen LogP contribution is 2.16. The predicted molar refractivity (Wildman–Crippen MR) is 73.2 cm³/mol. The molecule has 1 rings (SSSR count). The molecule has 1 heterocycles. The highest BCUT2D eigenvalue weighted by molar-refractivity contribution is 7.90. The van der Waals surface area contributed by atoms with Crippen LogP contribution in [0.2, 0.25) is 0 Å². The van der Waals surface area contributed by atoms with E-state index in [0.717, 1.165) is 30.7 Å². The monoisotopic (exact) mass is 273 g/mol. The second-order valence-electron chi connectivity index (χ2n) is 4.68. The highest BCUT2D eigenvalue weighted by atomic mass is 32.2. The number of nitrogens with zero attached hydrogens (tertiary/aromatic N) is 1. The normalized spacial score (nSPS) is 13.8. The number of rotatable bonds is 7. The number of sulfone groups is 1. The van der Waals surface area contributed by atoms with Gasteiger partial charge in [0.2, 0.25) is 0 Å². The average Bonchev–Trinajstić information content (AvgIpc) is 2.69. The van der Waals surface area contributed by atoms with Gasteiger partial charge in [-0.1, -0.05) is 20.3 Å². The zero-order valence-electron chi connectivity index (χ0n) is 11.4. The standard InChI is InChI=1S/C12H23N3O2S/c1-4-6-11-10(5-2)14-12(15-11)9(13)7-8-18(3,16)17/h9H,4-8,13H2,1-3H3,(H,14,15). The number of aromatic amines is 1. The Kier molecular flexibility index (Phi) is 5.34. The minimum Gasteiger partial charge on any atom is -0.344 e. The molecule has 0 aliphatic heterocycles. The van der Waals surface area contributed by atoms with E-state index in [1.54, 1.807) is 0 Å². The fraction of sp³-hybridized carbons (Fsp3) is 0.750. The number of aryl methyl sites for hydroxylation is 2. The van der Waals surface area contributed by atoms with Gasteiger partial charge in [-0.05, 0) is 19.3 Å². The average molecular weight is 273 g/mol.